The maximum absolute atomic E-state index is 13.7. The highest BCUT2D eigenvalue weighted by atomic mass is 79.9. The lowest BCUT2D eigenvalue weighted by Crippen LogP contribution is -2.32. The predicted molar refractivity (Wildman–Crippen MR) is 85.8 cm³/mol. The number of alkyl halides is 1. The minimum Gasteiger partial charge on any atom is -0.321 e. The number of hydrogen-bond donors (Lipinski definition) is 0. The van der Waals surface area contributed by atoms with Crippen molar-refractivity contribution in [2.24, 2.45) is 0 Å². The molecule has 0 amide bonds. The van der Waals surface area contributed by atoms with Crippen molar-refractivity contribution in [3.8, 4) is 0 Å². The molecule has 0 aliphatic carbocycles. The first kappa shape index (κ1) is 15.8. The van der Waals surface area contributed by atoms with Crippen LogP contribution in [0.15, 0.2) is 16.6 Å². The third kappa shape index (κ3) is 2.37. The van der Waals surface area contributed by atoms with Crippen LogP contribution in [-0.2, 0) is 11.4 Å². The van der Waals surface area contributed by atoms with E-state index in [4.69, 9.17) is 11.6 Å². The van der Waals surface area contributed by atoms with Gasteiger partial charge in [0.15, 0.2) is 0 Å². The van der Waals surface area contributed by atoms with Crippen molar-refractivity contribution < 1.29 is 4.39 Å². The lowest BCUT2D eigenvalue weighted by molar-refractivity contribution is 0.252. The van der Waals surface area contributed by atoms with Crippen molar-refractivity contribution >= 4 is 38.6 Å². The van der Waals surface area contributed by atoms with Gasteiger partial charge in [-0.2, -0.15) is 0 Å². The second-order valence-electron chi connectivity index (χ2n) is 5.04. The van der Waals surface area contributed by atoms with E-state index in [1.54, 1.807) is 0 Å². The molecule has 0 bridgehead atoms. The Hall–Kier alpha value is -0.610. The first-order chi connectivity index (χ1) is 9.52. The van der Waals surface area contributed by atoms with Crippen LogP contribution in [0.25, 0.3) is 11.0 Å². The zero-order valence-electron chi connectivity index (χ0n) is 12.0. The number of rotatable bonds is 5. The van der Waals surface area contributed by atoms with E-state index in [-0.39, 0.29) is 11.4 Å². The molecule has 2 nitrogen and oxygen atoms in total. The molecule has 2 aromatic rings. The summed E-state index contributed by atoms with van der Waals surface area (Å²) >= 11 is 9.34. The summed E-state index contributed by atoms with van der Waals surface area (Å²) in [6.45, 7) is 6.53. The zero-order chi connectivity index (χ0) is 14.9. The number of aromatic nitrogens is 2. The number of halogens is 3. The van der Waals surface area contributed by atoms with Gasteiger partial charge >= 0.3 is 0 Å². The fourth-order valence-electron chi connectivity index (χ4n) is 2.97. The van der Waals surface area contributed by atoms with Crippen LogP contribution in [0.2, 0.25) is 0 Å². The number of fused-ring (bicyclic) bond motifs is 1. The SMILES string of the molecule is CCC(CC)(CC)n1c(CCl)nc2cc(F)c(Br)cc21. The molecule has 1 heterocycles. The van der Waals surface area contributed by atoms with Gasteiger partial charge in [-0.25, -0.2) is 9.37 Å². The van der Waals surface area contributed by atoms with Crippen LogP contribution in [0.3, 0.4) is 0 Å². The summed E-state index contributed by atoms with van der Waals surface area (Å²) in [5.41, 5.74) is 1.59. The number of hydrogen-bond acceptors (Lipinski definition) is 1. The highest BCUT2D eigenvalue weighted by molar-refractivity contribution is 9.10. The first-order valence-electron chi connectivity index (χ1n) is 6.95. The van der Waals surface area contributed by atoms with Gasteiger partial charge in [-0.1, -0.05) is 20.8 Å². The normalized spacial score (nSPS) is 12.3. The van der Waals surface area contributed by atoms with Crippen LogP contribution in [0.4, 0.5) is 4.39 Å². The van der Waals surface area contributed by atoms with E-state index in [1.807, 2.05) is 6.07 Å². The Morgan fingerprint density at radius 2 is 1.85 bits per heavy atom. The molecule has 20 heavy (non-hydrogen) atoms. The average molecular weight is 362 g/mol. The van der Waals surface area contributed by atoms with E-state index in [2.05, 4.69) is 46.3 Å². The summed E-state index contributed by atoms with van der Waals surface area (Å²) in [6.07, 6.45) is 2.97. The van der Waals surface area contributed by atoms with Crippen LogP contribution < -0.4 is 0 Å². The smallest absolute Gasteiger partial charge is 0.139 e. The maximum atomic E-state index is 13.7. The van der Waals surface area contributed by atoms with Gasteiger partial charge in [0, 0.05) is 11.6 Å². The summed E-state index contributed by atoms with van der Waals surface area (Å²) in [7, 11) is 0. The molecular formula is C15H19BrClFN2. The quantitative estimate of drug-likeness (QED) is 0.634. The van der Waals surface area contributed by atoms with E-state index < -0.39 is 0 Å². The molecule has 0 atom stereocenters. The second kappa shape index (κ2) is 6.02. The van der Waals surface area contributed by atoms with Crippen molar-refractivity contribution in [1.29, 1.82) is 0 Å². The van der Waals surface area contributed by atoms with Crippen LogP contribution >= 0.6 is 27.5 Å². The summed E-state index contributed by atoms with van der Waals surface area (Å²) in [5.74, 6) is 0.846. The van der Waals surface area contributed by atoms with E-state index >= 15 is 0 Å². The summed E-state index contributed by atoms with van der Waals surface area (Å²) in [5, 5.41) is 0. The van der Waals surface area contributed by atoms with Crippen LogP contribution in [-0.4, -0.2) is 9.55 Å². The van der Waals surface area contributed by atoms with E-state index in [0.717, 1.165) is 30.6 Å². The molecule has 1 aromatic carbocycles. The first-order valence-corrected chi connectivity index (χ1v) is 8.28. The predicted octanol–water partition coefficient (Wildman–Crippen LogP) is 5.60. The minimum atomic E-state index is -0.293. The molecule has 0 radical (unpaired) electrons. The van der Waals surface area contributed by atoms with E-state index in [0.29, 0.717) is 15.9 Å². The molecule has 0 saturated carbocycles. The fourth-order valence-corrected chi connectivity index (χ4v) is 3.48. The van der Waals surface area contributed by atoms with Crippen molar-refractivity contribution in [3.05, 3.63) is 28.2 Å². The standard InChI is InChI=1S/C15H19BrClFN2/c1-4-15(5-2,6-3)20-13-7-10(16)11(18)8-12(13)19-14(20)9-17/h7-8H,4-6,9H2,1-3H3. The Morgan fingerprint density at radius 1 is 1.25 bits per heavy atom. The third-order valence-electron chi connectivity index (χ3n) is 4.33. The molecule has 0 aliphatic heterocycles. The molecule has 0 saturated heterocycles. The lowest BCUT2D eigenvalue weighted by atomic mass is 9.89. The largest absolute Gasteiger partial charge is 0.321 e. The molecule has 2 rings (SSSR count). The summed E-state index contributed by atoms with van der Waals surface area (Å²) < 4.78 is 16.4. The van der Waals surface area contributed by atoms with Gasteiger partial charge in [-0.15, -0.1) is 11.6 Å². The van der Waals surface area contributed by atoms with Gasteiger partial charge in [0.2, 0.25) is 0 Å². The molecule has 110 valence electrons. The number of benzene rings is 1. The third-order valence-corrected chi connectivity index (χ3v) is 5.18. The molecular weight excluding hydrogens is 343 g/mol. The fraction of sp³-hybridized carbons (Fsp3) is 0.533. The number of nitrogens with zero attached hydrogens (tertiary/aromatic N) is 2. The van der Waals surface area contributed by atoms with Gasteiger partial charge in [0.25, 0.3) is 0 Å². The van der Waals surface area contributed by atoms with Gasteiger partial charge in [0.1, 0.15) is 11.6 Å². The van der Waals surface area contributed by atoms with Crippen molar-refractivity contribution in [2.75, 3.05) is 0 Å². The minimum absolute atomic E-state index is 0.0176. The molecule has 0 N–H and O–H groups in total. The van der Waals surface area contributed by atoms with Crippen LogP contribution in [0.1, 0.15) is 45.9 Å². The average Bonchev–Trinajstić information content (AvgIpc) is 2.81. The van der Waals surface area contributed by atoms with Crippen LogP contribution in [0, 0.1) is 5.82 Å². The van der Waals surface area contributed by atoms with Crippen molar-refractivity contribution in [1.82, 2.24) is 9.55 Å². The highest BCUT2D eigenvalue weighted by Gasteiger charge is 2.30. The van der Waals surface area contributed by atoms with Crippen molar-refractivity contribution in [2.45, 2.75) is 51.5 Å². The molecule has 0 fully saturated rings. The lowest BCUT2D eigenvalue weighted by Gasteiger charge is -2.34. The zero-order valence-corrected chi connectivity index (χ0v) is 14.4. The highest BCUT2D eigenvalue weighted by Crippen LogP contribution is 2.36. The Labute approximate surface area is 132 Å². The molecule has 0 aliphatic rings. The summed E-state index contributed by atoms with van der Waals surface area (Å²) in [6, 6.07) is 3.28. The van der Waals surface area contributed by atoms with Crippen LogP contribution in [0.5, 0.6) is 0 Å². The maximum Gasteiger partial charge on any atom is 0.139 e. The molecule has 5 heteroatoms. The van der Waals surface area contributed by atoms with E-state index in [9.17, 15) is 4.39 Å². The molecule has 0 unspecified atom stereocenters. The topological polar surface area (TPSA) is 17.8 Å². The van der Waals surface area contributed by atoms with Gasteiger partial charge in [-0.05, 0) is 41.3 Å². The van der Waals surface area contributed by atoms with E-state index in [1.165, 1.54) is 6.07 Å². The molecule has 0 spiro atoms. The van der Waals surface area contributed by atoms with Gasteiger partial charge in [-0.3, -0.25) is 0 Å². The van der Waals surface area contributed by atoms with Gasteiger partial charge < -0.3 is 4.57 Å². The Balaban J connectivity index is 2.82. The summed E-state index contributed by atoms with van der Waals surface area (Å²) in [4.78, 5) is 4.51. The Kier molecular flexibility index (Phi) is 4.75. The number of imidazole rings is 1. The van der Waals surface area contributed by atoms with Gasteiger partial charge in [0.05, 0.1) is 21.4 Å². The van der Waals surface area contributed by atoms with Crippen molar-refractivity contribution in [3.63, 3.8) is 0 Å². The Bertz CT molecular complexity index is 612. The second-order valence-corrected chi connectivity index (χ2v) is 6.16. The monoisotopic (exact) mass is 360 g/mol. The Morgan fingerprint density at radius 3 is 2.35 bits per heavy atom. The molecule has 1 aromatic heterocycles.